The van der Waals surface area contributed by atoms with Crippen molar-refractivity contribution in [2.24, 2.45) is 5.92 Å². The summed E-state index contributed by atoms with van der Waals surface area (Å²) in [5.41, 5.74) is 0. The van der Waals surface area contributed by atoms with Crippen LogP contribution in [0.5, 0.6) is 0 Å². The molecule has 0 aromatic rings. The van der Waals surface area contributed by atoms with Gasteiger partial charge in [0.15, 0.2) is 0 Å². The number of hydrogen-bond donors (Lipinski definition) is 1. The number of carbonyl (C=O) groups is 2. The van der Waals surface area contributed by atoms with Gasteiger partial charge in [0, 0.05) is 38.1 Å². The van der Waals surface area contributed by atoms with Crippen LogP contribution in [0.1, 0.15) is 52.9 Å². The van der Waals surface area contributed by atoms with Crippen molar-refractivity contribution in [1.82, 2.24) is 15.1 Å². The molecule has 2 saturated heterocycles. The average Bonchev–Trinajstić information content (AvgIpc) is 3.16. The predicted molar refractivity (Wildman–Crippen MR) is 87.5 cm³/mol. The summed E-state index contributed by atoms with van der Waals surface area (Å²) in [5, 5.41) is 3.34. The summed E-state index contributed by atoms with van der Waals surface area (Å²) in [5.74, 6) is 0.214. The second kappa shape index (κ2) is 7.95. The number of hydrogen-bond acceptors (Lipinski definition) is 3. The molecule has 5 heteroatoms. The monoisotopic (exact) mass is 309 g/mol. The highest BCUT2D eigenvalue weighted by Gasteiger charge is 2.40. The molecular weight excluding hydrogens is 278 g/mol. The lowest BCUT2D eigenvalue weighted by atomic mass is 10.0. The fraction of sp³-hybridized carbons (Fsp3) is 0.882. The molecule has 5 nitrogen and oxygen atoms in total. The van der Waals surface area contributed by atoms with Crippen LogP contribution in [0, 0.1) is 5.92 Å². The van der Waals surface area contributed by atoms with Crippen molar-refractivity contribution >= 4 is 11.8 Å². The summed E-state index contributed by atoms with van der Waals surface area (Å²) in [4.78, 5) is 29.2. The lowest BCUT2D eigenvalue weighted by Gasteiger charge is -2.31. The highest BCUT2D eigenvalue weighted by molar-refractivity contribution is 5.89. The summed E-state index contributed by atoms with van der Waals surface area (Å²) in [7, 11) is 0. The second-order valence-corrected chi connectivity index (χ2v) is 6.60. The normalized spacial score (nSPS) is 25.3. The second-order valence-electron chi connectivity index (χ2n) is 6.60. The minimum atomic E-state index is -0.139. The van der Waals surface area contributed by atoms with Gasteiger partial charge in [0.05, 0.1) is 5.92 Å². The average molecular weight is 309 g/mol. The van der Waals surface area contributed by atoms with Gasteiger partial charge in [-0.25, -0.2) is 0 Å². The smallest absolute Gasteiger partial charge is 0.228 e. The Hall–Kier alpha value is -1.10. The zero-order valence-electron chi connectivity index (χ0n) is 14.3. The highest BCUT2D eigenvalue weighted by Crippen LogP contribution is 2.26. The number of rotatable bonds is 7. The van der Waals surface area contributed by atoms with E-state index in [4.69, 9.17) is 0 Å². The van der Waals surface area contributed by atoms with Crippen molar-refractivity contribution in [3.05, 3.63) is 0 Å². The molecule has 2 aliphatic rings. The zero-order valence-corrected chi connectivity index (χ0v) is 14.3. The molecule has 2 unspecified atom stereocenters. The molecule has 2 atom stereocenters. The van der Waals surface area contributed by atoms with Gasteiger partial charge in [-0.15, -0.1) is 0 Å². The van der Waals surface area contributed by atoms with Crippen molar-refractivity contribution in [3.63, 3.8) is 0 Å². The van der Waals surface area contributed by atoms with Crippen LogP contribution in [0.25, 0.3) is 0 Å². The Labute approximate surface area is 134 Å². The first kappa shape index (κ1) is 17.3. The summed E-state index contributed by atoms with van der Waals surface area (Å²) >= 11 is 0. The lowest BCUT2D eigenvalue weighted by molar-refractivity contribution is -0.137. The van der Waals surface area contributed by atoms with Gasteiger partial charge in [0.25, 0.3) is 0 Å². The van der Waals surface area contributed by atoms with E-state index in [1.807, 2.05) is 9.80 Å². The van der Waals surface area contributed by atoms with Crippen LogP contribution in [0.2, 0.25) is 0 Å². The van der Waals surface area contributed by atoms with Gasteiger partial charge < -0.3 is 15.1 Å². The molecule has 0 aliphatic carbocycles. The summed E-state index contributed by atoms with van der Waals surface area (Å²) < 4.78 is 0. The van der Waals surface area contributed by atoms with Gasteiger partial charge >= 0.3 is 0 Å². The standard InChI is InChI=1S/C17H31N3O2/c1-4-9-19(15-7-8-18-11-15)17(22)13-10-16(21)20(12-13)14(5-2)6-3/h13-15,18H,4-12H2,1-3H3. The predicted octanol–water partition coefficient (Wildman–Crippen LogP) is 1.62. The van der Waals surface area contributed by atoms with E-state index < -0.39 is 0 Å². The van der Waals surface area contributed by atoms with Crippen LogP contribution in [-0.2, 0) is 9.59 Å². The first-order valence-corrected chi connectivity index (χ1v) is 8.92. The van der Waals surface area contributed by atoms with Gasteiger partial charge in [0.1, 0.15) is 0 Å². The zero-order chi connectivity index (χ0) is 16.1. The van der Waals surface area contributed by atoms with E-state index in [2.05, 4.69) is 26.1 Å². The fourth-order valence-electron chi connectivity index (χ4n) is 3.83. The first-order chi connectivity index (χ1) is 10.6. The van der Waals surface area contributed by atoms with E-state index in [-0.39, 0.29) is 23.8 Å². The Morgan fingerprint density at radius 3 is 2.64 bits per heavy atom. The van der Waals surface area contributed by atoms with E-state index in [1.54, 1.807) is 0 Å². The Balaban J connectivity index is 2.03. The molecule has 0 saturated carbocycles. The molecule has 22 heavy (non-hydrogen) atoms. The summed E-state index contributed by atoms with van der Waals surface area (Å²) in [6.45, 7) is 9.64. The minimum absolute atomic E-state index is 0.139. The largest absolute Gasteiger partial charge is 0.339 e. The van der Waals surface area contributed by atoms with E-state index in [9.17, 15) is 9.59 Å². The molecule has 0 aromatic heterocycles. The minimum Gasteiger partial charge on any atom is -0.339 e. The van der Waals surface area contributed by atoms with Gasteiger partial charge in [-0.05, 0) is 32.2 Å². The van der Waals surface area contributed by atoms with Gasteiger partial charge in [-0.2, -0.15) is 0 Å². The number of carbonyl (C=O) groups excluding carboxylic acids is 2. The van der Waals surface area contributed by atoms with E-state index >= 15 is 0 Å². The fourth-order valence-corrected chi connectivity index (χ4v) is 3.83. The van der Waals surface area contributed by atoms with Crippen LogP contribution in [0.15, 0.2) is 0 Å². The Morgan fingerprint density at radius 1 is 1.36 bits per heavy atom. The lowest BCUT2D eigenvalue weighted by Crippen LogP contribution is -2.46. The molecule has 0 radical (unpaired) electrons. The molecule has 2 heterocycles. The van der Waals surface area contributed by atoms with Gasteiger partial charge in [-0.1, -0.05) is 20.8 Å². The third-order valence-corrected chi connectivity index (χ3v) is 5.11. The maximum Gasteiger partial charge on any atom is 0.228 e. The van der Waals surface area contributed by atoms with Crippen LogP contribution in [-0.4, -0.2) is 59.9 Å². The topological polar surface area (TPSA) is 52.7 Å². The molecule has 2 fully saturated rings. The quantitative estimate of drug-likeness (QED) is 0.777. The molecule has 126 valence electrons. The summed E-state index contributed by atoms with van der Waals surface area (Å²) in [6, 6.07) is 0.600. The van der Waals surface area contributed by atoms with Crippen molar-refractivity contribution < 1.29 is 9.59 Å². The number of amides is 2. The van der Waals surface area contributed by atoms with E-state index in [1.165, 1.54) is 0 Å². The molecule has 2 amide bonds. The third-order valence-electron chi connectivity index (χ3n) is 5.11. The molecule has 2 aliphatic heterocycles. The maximum atomic E-state index is 12.9. The van der Waals surface area contributed by atoms with Gasteiger partial charge in [-0.3, -0.25) is 9.59 Å². The van der Waals surface area contributed by atoms with Crippen LogP contribution in [0.3, 0.4) is 0 Å². The number of nitrogens with one attached hydrogen (secondary N) is 1. The highest BCUT2D eigenvalue weighted by atomic mass is 16.2. The van der Waals surface area contributed by atoms with Crippen molar-refractivity contribution in [1.29, 1.82) is 0 Å². The Bertz CT molecular complexity index is 389. The molecule has 0 aromatic carbocycles. The summed E-state index contributed by atoms with van der Waals surface area (Å²) in [6.07, 6.45) is 4.33. The van der Waals surface area contributed by atoms with E-state index in [0.717, 1.165) is 45.3 Å². The van der Waals surface area contributed by atoms with E-state index in [0.29, 0.717) is 19.0 Å². The Morgan fingerprint density at radius 2 is 2.09 bits per heavy atom. The van der Waals surface area contributed by atoms with Crippen molar-refractivity contribution in [3.8, 4) is 0 Å². The Kier molecular flexibility index (Phi) is 6.24. The first-order valence-electron chi connectivity index (χ1n) is 8.92. The molecule has 0 bridgehead atoms. The molecule has 0 spiro atoms. The molecular formula is C17H31N3O2. The SMILES string of the molecule is CCCN(C(=O)C1CC(=O)N(C(CC)CC)C1)C1CCNC1. The van der Waals surface area contributed by atoms with Crippen molar-refractivity contribution in [2.45, 2.75) is 65.0 Å². The number of nitrogens with zero attached hydrogens (tertiary/aromatic N) is 2. The van der Waals surface area contributed by atoms with Crippen LogP contribution >= 0.6 is 0 Å². The van der Waals surface area contributed by atoms with Crippen LogP contribution < -0.4 is 5.32 Å². The maximum absolute atomic E-state index is 12.9. The molecule has 2 rings (SSSR count). The number of likely N-dealkylation sites (tertiary alicyclic amines) is 1. The van der Waals surface area contributed by atoms with Crippen molar-refractivity contribution in [2.75, 3.05) is 26.2 Å². The van der Waals surface area contributed by atoms with Gasteiger partial charge in [0.2, 0.25) is 11.8 Å². The third kappa shape index (κ3) is 3.62. The van der Waals surface area contributed by atoms with Crippen LogP contribution in [0.4, 0.5) is 0 Å². The molecule has 1 N–H and O–H groups in total.